The summed E-state index contributed by atoms with van der Waals surface area (Å²) in [5, 5.41) is 0. The molecule has 0 aliphatic carbocycles. The number of rotatable bonds is 4. The molecule has 1 heterocycles. The van der Waals surface area contributed by atoms with Crippen LogP contribution in [0.3, 0.4) is 0 Å². The van der Waals surface area contributed by atoms with E-state index in [1.807, 2.05) is 43.3 Å². The van der Waals surface area contributed by atoms with Crippen LogP contribution in [0.4, 0.5) is 5.69 Å². The van der Waals surface area contributed by atoms with Crippen molar-refractivity contribution in [2.45, 2.75) is 6.92 Å². The molecule has 0 amide bonds. The molecular formula is C14H14N2O. The van der Waals surface area contributed by atoms with Crippen LogP contribution in [0.2, 0.25) is 0 Å². The highest BCUT2D eigenvalue weighted by molar-refractivity contribution is 5.81. The van der Waals surface area contributed by atoms with Gasteiger partial charge in [0.05, 0.1) is 12.3 Å². The van der Waals surface area contributed by atoms with Crippen LogP contribution in [0.1, 0.15) is 12.5 Å². The van der Waals surface area contributed by atoms with Crippen molar-refractivity contribution in [1.29, 1.82) is 0 Å². The summed E-state index contributed by atoms with van der Waals surface area (Å²) >= 11 is 0. The molecule has 0 saturated carbocycles. The number of ether oxygens (including phenoxy) is 1. The van der Waals surface area contributed by atoms with Crippen LogP contribution in [0.5, 0.6) is 5.75 Å². The van der Waals surface area contributed by atoms with E-state index in [2.05, 4.69) is 9.98 Å². The summed E-state index contributed by atoms with van der Waals surface area (Å²) in [6.07, 6.45) is 5.31. The molecule has 1 aromatic carbocycles. The Hall–Kier alpha value is -2.16. The predicted molar refractivity (Wildman–Crippen MR) is 69.1 cm³/mol. The van der Waals surface area contributed by atoms with E-state index in [0.717, 1.165) is 17.0 Å². The Morgan fingerprint density at radius 3 is 2.71 bits per heavy atom. The normalized spacial score (nSPS) is 10.6. The first kappa shape index (κ1) is 11.3. The standard InChI is InChI=1S/C14H14N2O/c1-2-17-14-7-5-13(6-8-14)16-11-12-4-3-9-15-10-12/h3-11H,2H2,1H3. The van der Waals surface area contributed by atoms with Gasteiger partial charge in [0.15, 0.2) is 0 Å². The molecule has 2 aromatic rings. The molecule has 0 spiro atoms. The molecule has 3 heteroatoms. The smallest absolute Gasteiger partial charge is 0.119 e. The molecule has 86 valence electrons. The maximum atomic E-state index is 5.36. The fraction of sp³-hybridized carbons (Fsp3) is 0.143. The minimum Gasteiger partial charge on any atom is -0.494 e. The summed E-state index contributed by atoms with van der Waals surface area (Å²) in [5.74, 6) is 0.868. The van der Waals surface area contributed by atoms with Crippen LogP contribution in [0.15, 0.2) is 53.8 Å². The van der Waals surface area contributed by atoms with E-state index in [1.54, 1.807) is 18.6 Å². The molecule has 0 aliphatic rings. The zero-order valence-electron chi connectivity index (χ0n) is 9.71. The fourth-order valence-corrected chi connectivity index (χ4v) is 1.40. The van der Waals surface area contributed by atoms with Crippen LogP contribution >= 0.6 is 0 Å². The van der Waals surface area contributed by atoms with E-state index in [-0.39, 0.29) is 0 Å². The number of nitrogens with zero attached hydrogens (tertiary/aromatic N) is 2. The van der Waals surface area contributed by atoms with E-state index in [1.165, 1.54) is 0 Å². The molecular weight excluding hydrogens is 212 g/mol. The van der Waals surface area contributed by atoms with E-state index >= 15 is 0 Å². The Balaban J connectivity index is 2.06. The average molecular weight is 226 g/mol. The van der Waals surface area contributed by atoms with Gasteiger partial charge in [0.2, 0.25) is 0 Å². The monoisotopic (exact) mass is 226 g/mol. The van der Waals surface area contributed by atoms with Gasteiger partial charge < -0.3 is 4.74 Å². The van der Waals surface area contributed by atoms with Crippen molar-refractivity contribution in [2.75, 3.05) is 6.61 Å². The molecule has 1 aromatic heterocycles. The molecule has 2 rings (SSSR count). The van der Waals surface area contributed by atoms with E-state index in [0.29, 0.717) is 6.61 Å². The Bertz CT molecular complexity index is 477. The van der Waals surface area contributed by atoms with E-state index in [4.69, 9.17) is 4.74 Å². The number of hydrogen-bond acceptors (Lipinski definition) is 3. The SMILES string of the molecule is CCOc1ccc(N=Cc2cccnc2)cc1. The second-order valence-electron chi connectivity index (χ2n) is 3.47. The second kappa shape index (κ2) is 5.80. The van der Waals surface area contributed by atoms with Crippen LogP contribution in [0.25, 0.3) is 0 Å². The van der Waals surface area contributed by atoms with Gasteiger partial charge >= 0.3 is 0 Å². The number of benzene rings is 1. The molecule has 0 bridgehead atoms. The van der Waals surface area contributed by atoms with Crippen molar-refractivity contribution in [3.8, 4) is 5.75 Å². The average Bonchev–Trinajstić information content (AvgIpc) is 2.40. The van der Waals surface area contributed by atoms with Crippen molar-refractivity contribution in [1.82, 2.24) is 4.98 Å². The second-order valence-corrected chi connectivity index (χ2v) is 3.47. The van der Waals surface area contributed by atoms with Gasteiger partial charge in [0, 0.05) is 24.2 Å². The maximum absolute atomic E-state index is 5.36. The van der Waals surface area contributed by atoms with Crippen molar-refractivity contribution >= 4 is 11.9 Å². The largest absolute Gasteiger partial charge is 0.494 e. The Kier molecular flexibility index (Phi) is 3.86. The number of aromatic nitrogens is 1. The molecule has 0 fully saturated rings. The third kappa shape index (κ3) is 3.41. The zero-order chi connectivity index (χ0) is 11.9. The molecule has 3 nitrogen and oxygen atoms in total. The minimum absolute atomic E-state index is 0.679. The lowest BCUT2D eigenvalue weighted by molar-refractivity contribution is 0.340. The summed E-state index contributed by atoms with van der Waals surface area (Å²) in [4.78, 5) is 8.38. The highest BCUT2D eigenvalue weighted by Crippen LogP contribution is 2.17. The number of aliphatic imine (C=N–C) groups is 1. The highest BCUT2D eigenvalue weighted by atomic mass is 16.5. The Morgan fingerprint density at radius 2 is 2.06 bits per heavy atom. The Morgan fingerprint density at radius 1 is 1.24 bits per heavy atom. The fourth-order valence-electron chi connectivity index (χ4n) is 1.40. The lowest BCUT2D eigenvalue weighted by atomic mass is 10.3. The van der Waals surface area contributed by atoms with Crippen LogP contribution < -0.4 is 4.74 Å². The molecule has 0 aliphatic heterocycles. The topological polar surface area (TPSA) is 34.5 Å². The van der Waals surface area contributed by atoms with Gasteiger partial charge in [0.1, 0.15) is 5.75 Å². The van der Waals surface area contributed by atoms with Gasteiger partial charge in [0.25, 0.3) is 0 Å². The molecule has 0 N–H and O–H groups in total. The summed E-state index contributed by atoms with van der Waals surface area (Å²) in [7, 11) is 0. The Labute approximate surface area is 101 Å². The summed E-state index contributed by atoms with van der Waals surface area (Å²) in [5.41, 5.74) is 1.89. The first-order valence-corrected chi connectivity index (χ1v) is 5.55. The summed E-state index contributed by atoms with van der Waals surface area (Å²) in [6, 6.07) is 11.5. The van der Waals surface area contributed by atoms with E-state index in [9.17, 15) is 0 Å². The quantitative estimate of drug-likeness (QED) is 0.750. The van der Waals surface area contributed by atoms with Gasteiger partial charge in [-0.2, -0.15) is 0 Å². The predicted octanol–water partition coefficient (Wildman–Crippen LogP) is 3.23. The molecule has 0 atom stereocenters. The molecule has 0 saturated heterocycles. The van der Waals surface area contributed by atoms with Crippen LogP contribution in [-0.2, 0) is 0 Å². The summed E-state index contributed by atoms with van der Waals surface area (Å²) in [6.45, 7) is 2.65. The third-order valence-corrected chi connectivity index (χ3v) is 2.19. The van der Waals surface area contributed by atoms with E-state index < -0.39 is 0 Å². The first-order valence-electron chi connectivity index (χ1n) is 5.55. The first-order chi connectivity index (χ1) is 8.38. The minimum atomic E-state index is 0.679. The van der Waals surface area contributed by atoms with Crippen molar-refractivity contribution in [3.63, 3.8) is 0 Å². The molecule has 0 radical (unpaired) electrons. The number of pyridine rings is 1. The number of hydrogen-bond donors (Lipinski definition) is 0. The van der Waals surface area contributed by atoms with Crippen molar-refractivity contribution in [2.24, 2.45) is 4.99 Å². The summed E-state index contributed by atoms with van der Waals surface area (Å²) < 4.78 is 5.36. The van der Waals surface area contributed by atoms with Crippen molar-refractivity contribution < 1.29 is 4.74 Å². The maximum Gasteiger partial charge on any atom is 0.119 e. The van der Waals surface area contributed by atoms with Crippen LogP contribution in [0, 0.1) is 0 Å². The van der Waals surface area contributed by atoms with Crippen molar-refractivity contribution in [3.05, 3.63) is 54.4 Å². The highest BCUT2D eigenvalue weighted by Gasteiger charge is 1.92. The van der Waals surface area contributed by atoms with Gasteiger partial charge in [-0.1, -0.05) is 6.07 Å². The third-order valence-electron chi connectivity index (χ3n) is 2.19. The lowest BCUT2D eigenvalue weighted by Gasteiger charge is -2.01. The lowest BCUT2D eigenvalue weighted by Crippen LogP contribution is -1.89. The van der Waals surface area contributed by atoms with Gasteiger partial charge in [-0.25, -0.2) is 0 Å². The van der Waals surface area contributed by atoms with Crippen LogP contribution in [-0.4, -0.2) is 17.8 Å². The molecule has 17 heavy (non-hydrogen) atoms. The van der Waals surface area contributed by atoms with Gasteiger partial charge in [-0.15, -0.1) is 0 Å². The molecule has 0 unspecified atom stereocenters. The zero-order valence-corrected chi connectivity index (χ0v) is 9.71. The van der Waals surface area contributed by atoms with Gasteiger partial charge in [-0.3, -0.25) is 9.98 Å². The van der Waals surface area contributed by atoms with Gasteiger partial charge in [-0.05, 0) is 37.3 Å².